The maximum atomic E-state index is 12.7. The summed E-state index contributed by atoms with van der Waals surface area (Å²) < 4.78 is 76.2. The molecule has 0 aliphatic heterocycles. The Labute approximate surface area is 118 Å². The molecule has 1 aliphatic carbocycles. The van der Waals surface area contributed by atoms with Gasteiger partial charge in [-0.15, -0.1) is 0 Å². The van der Waals surface area contributed by atoms with Crippen LogP contribution < -0.4 is 0 Å². The van der Waals surface area contributed by atoms with Gasteiger partial charge < -0.3 is 10.2 Å². The van der Waals surface area contributed by atoms with Crippen molar-refractivity contribution in [1.82, 2.24) is 0 Å². The summed E-state index contributed by atoms with van der Waals surface area (Å²) in [6.45, 7) is 6.87. The Bertz CT molecular complexity index is 409. The lowest BCUT2D eigenvalue weighted by molar-refractivity contribution is -0.379. The zero-order chi connectivity index (χ0) is 16.9. The Morgan fingerprint density at radius 2 is 1.52 bits per heavy atom. The molecule has 1 unspecified atom stereocenters. The van der Waals surface area contributed by atoms with E-state index in [1.165, 1.54) is 0 Å². The summed E-state index contributed by atoms with van der Waals surface area (Å²) in [5, 5.41) is 19.4. The molecule has 0 aromatic carbocycles. The van der Waals surface area contributed by atoms with Crippen molar-refractivity contribution in [3.63, 3.8) is 0 Å². The molecule has 2 nitrogen and oxygen atoms in total. The summed E-state index contributed by atoms with van der Waals surface area (Å²) in [6, 6.07) is 0. The average Bonchev–Trinajstić information content (AvgIpc) is 2.20. The van der Waals surface area contributed by atoms with Crippen molar-refractivity contribution in [2.24, 2.45) is 5.41 Å². The summed E-state index contributed by atoms with van der Waals surface area (Å²) in [5.41, 5.74) is -7.34. The van der Waals surface area contributed by atoms with E-state index in [1.54, 1.807) is 13.8 Å². The van der Waals surface area contributed by atoms with Gasteiger partial charge in [0.1, 0.15) is 0 Å². The lowest BCUT2D eigenvalue weighted by Crippen LogP contribution is -2.61. The van der Waals surface area contributed by atoms with Crippen molar-refractivity contribution < 1.29 is 36.6 Å². The van der Waals surface area contributed by atoms with Crippen LogP contribution in [0.5, 0.6) is 0 Å². The molecule has 0 amide bonds. The first-order chi connectivity index (χ1) is 9.04. The molecule has 0 aromatic heterocycles. The van der Waals surface area contributed by atoms with Crippen LogP contribution >= 0.6 is 0 Å². The second-order valence-electron chi connectivity index (χ2n) is 6.42. The number of hydrogen-bond donors (Lipinski definition) is 2. The quantitative estimate of drug-likeness (QED) is 0.601. The zero-order valence-electron chi connectivity index (χ0n) is 11.7. The van der Waals surface area contributed by atoms with E-state index in [1.807, 2.05) is 0 Å². The minimum Gasteiger partial charge on any atom is -0.390 e. The minimum atomic E-state index is -5.92. The van der Waals surface area contributed by atoms with E-state index in [4.69, 9.17) is 0 Å². The molecule has 1 fully saturated rings. The summed E-state index contributed by atoms with van der Waals surface area (Å²) in [7, 11) is 0. The smallest absolute Gasteiger partial charge is 0.390 e. The molecule has 0 heterocycles. The molecular formula is C13H18F6O2. The van der Waals surface area contributed by atoms with E-state index in [2.05, 4.69) is 6.58 Å². The molecule has 0 bridgehead atoms. The maximum Gasteiger partial charge on any atom is 0.426 e. The fraction of sp³-hybridized carbons (Fsp3) is 0.846. The molecule has 1 aliphatic rings. The van der Waals surface area contributed by atoms with Gasteiger partial charge in [-0.2, -0.15) is 26.3 Å². The second-order valence-corrected chi connectivity index (χ2v) is 6.42. The van der Waals surface area contributed by atoms with Gasteiger partial charge in [0, 0.05) is 6.42 Å². The third-order valence-electron chi connectivity index (χ3n) is 4.14. The van der Waals surface area contributed by atoms with Crippen molar-refractivity contribution >= 4 is 0 Å². The van der Waals surface area contributed by atoms with Crippen LogP contribution in [0.4, 0.5) is 26.3 Å². The van der Waals surface area contributed by atoms with E-state index < -0.39 is 35.4 Å². The molecule has 0 spiro atoms. The summed E-state index contributed by atoms with van der Waals surface area (Å²) in [4.78, 5) is 0. The van der Waals surface area contributed by atoms with Gasteiger partial charge in [0.05, 0.1) is 5.60 Å². The second kappa shape index (κ2) is 4.87. The van der Waals surface area contributed by atoms with Crippen LogP contribution in [0.2, 0.25) is 0 Å². The van der Waals surface area contributed by atoms with Crippen molar-refractivity contribution in [3.05, 3.63) is 12.2 Å². The van der Waals surface area contributed by atoms with Crippen LogP contribution in [0.3, 0.4) is 0 Å². The zero-order valence-corrected chi connectivity index (χ0v) is 11.7. The molecule has 1 rings (SSSR count). The van der Waals surface area contributed by atoms with E-state index in [-0.39, 0.29) is 19.3 Å². The largest absolute Gasteiger partial charge is 0.426 e. The van der Waals surface area contributed by atoms with Crippen molar-refractivity contribution in [2.45, 2.75) is 63.1 Å². The van der Waals surface area contributed by atoms with E-state index >= 15 is 0 Å². The number of rotatable bonds is 2. The third kappa shape index (κ3) is 3.36. The van der Waals surface area contributed by atoms with E-state index in [0.717, 1.165) is 0 Å². The number of hydrogen-bond acceptors (Lipinski definition) is 2. The van der Waals surface area contributed by atoms with E-state index in [0.29, 0.717) is 5.57 Å². The first-order valence-electron chi connectivity index (χ1n) is 6.31. The first kappa shape index (κ1) is 18.3. The molecule has 21 heavy (non-hydrogen) atoms. The predicted octanol–water partition coefficient (Wildman–Crippen LogP) is 3.73. The molecule has 0 radical (unpaired) electrons. The fourth-order valence-electron chi connectivity index (χ4n) is 2.75. The minimum absolute atomic E-state index is 0.106. The third-order valence-corrected chi connectivity index (χ3v) is 4.14. The highest BCUT2D eigenvalue weighted by atomic mass is 19.4. The molecule has 8 heteroatoms. The molecule has 0 aromatic rings. The molecule has 0 saturated heterocycles. The van der Waals surface area contributed by atoms with E-state index in [9.17, 15) is 36.6 Å². The number of aliphatic hydroxyl groups is 2. The SMILES string of the molecule is C=C1CCC(O)(CC(O)(C(F)(F)F)C(F)(F)F)CC1(C)C. The van der Waals surface area contributed by atoms with Crippen LogP contribution in [0.1, 0.15) is 39.5 Å². The normalized spacial score (nSPS) is 27.8. The Morgan fingerprint density at radius 1 is 1.10 bits per heavy atom. The lowest BCUT2D eigenvalue weighted by Gasteiger charge is -2.46. The molecule has 124 valence electrons. The van der Waals surface area contributed by atoms with Gasteiger partial charge in [-0.05, 0) is 24.7 Å². The Balaban J connectivity index is 3.13. The van der Waals surface area contributed by atoms with Crippen molar-refractivity contribution in [3.8, 4) is 0 Å². The Morgan fingerprint density at radius 3 is 1.86 bits per heavy atom. The van der Waals surface area contributed by atoms with Gasteiger partial charge in [-0.1, -0.05) is 26.0 Å². The summed E-state index contributed by atoms with van der Waals surface area (Å²) in [5.74, 6) is 0. The van der Waals surface area contributed by atoms with Gasteiger partial charge in [-0.25, -0.2) is 0 Å². The highest BCUT2D eigenvalue weighted by molar-refractivity contribution is 5.16. The Kier molecular flexibility index (Phi) is 4.24. The number of halogens is 6. The lowest BCUT2D eigenvalue weighted by atomic mass is 9.64. The monoisotopic (exact) mass is 320 g/mol. The predicted molar refractivity (Wildman–Crippen MR) is 63.4 cm³/mol. The standard InChI is InChI=1S/C13H18F6O2/c1-8-4-5-10(20,6-9(8,2)3)7-11(21,12(14,15)16)13(17,18)19/h20-21H,1,4-7H2,2-3H3. The van der Waals surface area contributed by atoms with Crippen molar-refractivity contribution in [2.75, 3.05) is 0 Å². The van der Waals surface area contributed by atoms with Crippen LogP contribution in [0.25, 0.3) is 0 Å². The first-order valence-corrected chi connectivity index (χ1v) is 6.31. The van der Waals surface area contributed by atoms with Crippen LogP contribution in [-0.4, -0.2) is 33.8 Å². The summed E-state index contributed by atoms with van der Waals surface area (Å²) in [6.07, 6.45) is -14.2. The van der Waals surface area contributed by atoms with Crippen molar-refractivity contribution in [1.29, 1.82) is 0 Å². The van der Waals surface area contributed by atoms with Crippen LogP contribution in [-0.2, 0) is 0 Å². The van der Waals surface area contributed by atoms with Gasteiger partial charge in [0.2, 0.25) is 0 Å². The Hall–Kier alpha value is -0.760. The molecular weight excluding hydrogens is 302 g/mol. The highest BCUT2D eigenvalue weighted by Gasteiger charge is 2.72. The van der Waals surface area contributed by atoms with Gasteiger partial charge in [0.15, 0.2) is 0 Å². The average molecular weight is 320 g/mol. The molecule has 2 N–H and O–H groups in total. The topological polar surface area (TPSA) is 40.5 Å². The highest BCUT2D eigenvalue weighted by Crippen LogP contribution is 2.52. The van der Waals surface area contributed by atoms with Crippen LogP contribution in [0.15, 0.2) is 12.2 Å². The number of allylic oxidation sites excluding steroid dienone is 1. The molecule has 1 atom stereocenters. The number of alkyl halides is 6. The maximum absolute atomic E-state index is 12.7. The summed E-state index contributed by atoms with van der Waals surface area (Å²) >= 11 is 0. The molecule has 1 saturated carbocycles. The fourth-order valence-corrected chi connectivity index (χ4v) is 2.75. The van der Waals surface area contributed by atoms with Gasteiger partial charge >= 0.3 is 12.4 Å². The van der Waals surface area contributed by atoms with Gasteiger partial charge in [0.25, 0.3) is 5.60 Å². The van der Waals surface area contributed by atoms with Gasteiger partial charge in [-0.3, -0.25) is 0 Å². The van der Waals surface area contributed by atoms with Crippen LogP contribution in [0, 0.1) is 5.41 Å².